The van der Waals surface area contributed by atoms with Crippen molar-refractivity contribution in [1.29, 1.82) is 0 Å². The Labute approximate surface area is 166 Å². The van der Waals surface area contributed by atoms with Crippen LogP contribution in [0.5, 0.6) is 0 Å². The minimum absolute atomic E-state index is 0.201. The summed E-state index contributed by atoms with van der Waals surface area (Å²) in [5.74, 6) is -0.247. The molecule has 6 heteroatoms. The van der Waals surface area contributed by atoms with Crippen molar-refractivity contribution in [3.8, 4) is 0 Å². The van der Waals surface area contributed by atoms with Crippen molar-refractivity contribution < 1.29 is 14.7 Å². The van der Waals surface area contributed by atoms with Gasteiger partial charge in [-0.2, -0.15) is 5.10 Å². The summed E-state index contributed by atoms with van der Waals surface area (Å²) >= 11 is 0. The van der Waals surface area contributed by atoms with Crippen LogP contribution in [0.25, 0.3) is 0 Å². The standard InChI is InChI=1S/C22H29N3O3/c1-15-19(16(2)24(3)23-15)8-9-21(26)25-12-10-17(11-13-25)14-18-6-4-5-7-20(18)22(27)28/h4-7,17H,8-14H2,1-3H3,(H,27,28). The Morgan fingerprint density at radius 3 is 2.46 bits per heavy atom. The van der Waals surface area contributed by atoms with E-state index in [2.05, 4.69) is 5.10 Å². The number of piperidine rings is 1. The van der Waals surface area contributed by atoms with E-state index in [0.717, 1.165) is 55.7 Å². The number of carbonyl (C=O) groups excluding carboxylic acids is 1. The number of hydrogen-bond acceptors (Lipinski definition) is 3. The van der Waals surface area contributed by atoms with Crippen molar-refractivity contribution in [2.24, 2.45) is 13.0 Å². The highest BCUT2D eigenvalue weighted by atomic mass is 16.4. The molecule has 0 radical (unpaired) electrons. The van der Waals surface area contributed by atoms with Gasteiger partial charge in [0.1, 0.15) is 0 Å². The maximum atomic E-state index is 12.6. The predicted molar refractivity (Wildman–Crippen MR) is 107 cm³/mol. The maximum absolute atomic E-state index is 12.6. The summed E-state index contributed by atoms with van der Waals surface area (Å²) in [6.07, 6.45) is 3.85. The van der Waals surface area contributed by atoms with Gasteiger partial charge in [0.2, 0.25) is 5.91 Å². The van der Waals surface area contributed by atoms with Crippen LogP contribution in [0.1, 0.15) is 52.1 Å². The number of hydrogen-bond donors (Lipinski definition) is 1. The second kappa shape index (κ2) is 8.59. The molecule has 1 fully saturated rings. The Balaban J connectivity index is 1.51. The van der Waals surface area contributed by atoms with Crippen LogP contribution >= 0.6 is 0 Å². The average molecular weight is 383 g/mol. The first-order chi connectivity index (χ1) is 13.4. The van der Waals surface area contributed by atoms with Crippen molar-refractivity contribution in [2.45, 2.75) is 46.0 Å². The SMILES string of the molecule is Cc1nn(C)c(C)c1CCC(=O)N1CCC(Cc2ccccc2C(=O)O)CC1. The fraction of sp³-hybridized carbons (Fsp3) is 0.500. The lowest BCUT2D eigenvalue weighted by atomic mass is 9.88. The van der Waals surface area contributed by atoms with Gasteiger partial charge in [0.25, 0.3) is 0 Å². The van der Waals surface area contributed by atoms with Gasteiger partial charge in [-0.25, -0.2) is 4.79 Å². The molecule has 1 N–H and O–H groups in total. The van der Waals surface area contributed by atoms with Crippen molar-refractivity contribution in [3.05, 3.63) is 52.3 Å². The van der Waals surface area contributed by atoms with Crippen LogP contribution in [-0.2, 0) is 24.7 Å². The molecular formula is C22H29N3O3. The molecule has 0 atom stereocenters. The first-order valence-electron chi connectivity index (χ1n) is 9.95. The zero-order valence-electron chi connectivity index (χ0n) is 16.9. The number of amides is 1. The van der Waals surface area contributed by atoms with E-state index >= 15 is 0 Å². The molecule has 3 rings (SSSR count). The minimum Gasteiger partial charge on any atom is -0.478 e. The van der Waals surface area contributed by atoms with Gasteiger partial charge in [-0.3, -0.25) is 9.48 Å². The Bertz CT molecular complexity index is 864. The molecule has 28 heavy (non-hydrogen) atoms. The van der Waals surface area contributed by atoms with Gasteiger partial charge in [-0.05, 0) is 62.6 Å². The molecule has 1 aromatic heterocycles. The van der Waals surface area contributed by atoms with E-state index in [1.165, 1.54) is 5.56 Å². The first kappa shape index (κ1) is 20.1. The van der Waals surface area contributed by atoms with E-state index in [1.807, 2.05) is 42.6 Å². The quantitative estimate of drug-likeness (QED) is 0.831. The van der Waals surface area contributed by atoms with Gasteiger partial charge in [0, 0.05) is 32.3 Å². The van der Waals surface area contributed by atoms with Crippen molar-refractivity contribution in [1.82, 2.24) is 14.7 Å². The minimum atomic E-state index is -0.871. The van der Waals surface area contributed by atoms with Gasteiger partial charge in [-0.1, -0.05) is 18.2 Å². The molecule has 6 nitrogen and oxygen atoms in total. The molecule has 0 unspecified atom stereocenters. The lowest BCUT2D eigenvalue weighted by Crippen LogP contribution is -2.39. The molecule has 1 amide bonds. The number of benzene rings is 1. The molecule has 0 aliphatic carbocycles. The van der Waals surface area contributed by atoms with E-state index in [0.29, 0.717) is 17.9 Å². The third-order valence-electron chi connectivity index (χ3n) is 5.97. The van der Waals surface area contributed by atoms with Crippen molar-refractivity contribution >= 4 is 11.9 Å². The normalized spacial score (nSPS) is 15.0. The van der Waals surface area contributed by atoms with Crippen LogP contribution in [0.2, 0.25) is 0 Å². The van der Waals surface area contributed by atoms with Crippen LogP contribution in [0.15, 0.2) is 24.3 Å². The zero-order valence-corrected chi connectivity index (χ0v) is 16.9. The number of aromatic nitrogens is 2. The Morgan fingerprint density at radius 1 is 1.18 bits per heavy atom. The second-order valence-corrected chi connectivity index (χ2v) is 7.76. The molecule has 2 heterocycles. The van der Waals surface area contributed by atoms with Gasteiger partial charge in [0.05, 0.1) is 11.3 Å². The molecule has 0 spiro atoms. The molecule has 1 aromatic carbocycles. The Hall–Kier alpha value is -2.63. The fourth-order valence-electron chi connectivity index (χ4n) is 4.17. The largest absolute Gasteiger partial charge is 0.478 e. The van der Waals surface area contributed by atoms with E-state index in [-0.39, 0.29) is 5.91 Å². The van der Waals surface area contributed by atoms with E-state index in [4.69, 9.17) is 0 Å². The highest BCUT2D eigenvalue weighted by Crippen LogP contribution is 2.24. The molecule has 1 aliphatic rings. The average Bonchev–Trinajstić information content (AvgIpc) is 2.92. The summed E-state index contributed by atoms with van der Waals surface area (Å²) in [6, 6.07) is 7.22. The van der Waals surface area contributed by atoms with Crippen LogP contribution in [0.3, 0.4) is 0 Å². The van der Waals surface area contributed by atoms with Crippen LogP contribution in [0, 0.1) is 19.8 Å². The summed E-state index contributed by atoms with van der Waals surface area (Å²) in [4.78, 5) is 26.0. The first-order valence-corrected chi connectivity index (χ1v) is 9.95. The van der Waals surface area contributed by atoms with Crippen LogP contribution in [-0.4, -0.2) is 44.8 Å². The summed E-state index contributed by atoms with van der Waals surface area (Å²) in [5, 5.41) is 13.8. The van der Waals surface area contributed by atoms with Gasteiger partial charge in [-0.15, -0.1) is 0 Å². The van der Waals surface area contributed by atoms with Crippen molar-refractivity contribution in [3.63, 3.8) is 0 Å². The van der Waals surface area contributed by atoms with Crippen LogP contribution in [0.4, 0.5) is 0 Å². The second-order valence-electron chi connectivity index (χ2n) is 7.76. The lowest BCUT2D eigenvalue weighted by molar-refractivity contribution is -0.132. The predicted octanol–water partition coefficient (Wildman–Crippen LogP) is 3.15. The number of carboxylic acid groups (broad SMARTS) is 1. The number of aromatic carboxylic acids is 1. The molecule has 1 aliphatic heterocycles. The number of aryl methyl sites for hydroxylation is 2. The third-order valence-corrected chi connectivity index (χ3v) is 5.97. The van der Waals surface area contributed by atoms with Gasteiger partial charge >= 0.3 is 5.97 Å². The topological polar surface area (TPSA) is 75.4 Å². The lowest BCUT2D eigenvalue weighted by Gasteiger charge is -2.32. The summed E-state index contributed by atoms with van der Waals surface area (Å²) in [7, 11) is 1.93. The number of carboxylic acids is 1. The molecular weight excluding hydrogens is 354 g/mol. The van der Waals surface area contributed by atoms with E-state index in [1.54, 1.807) is 12.1 Å². The third kappa shape index (κ3) is 4.43. The maximum Gasteiger partial charge on any atom is 0.335 e. The number of rotatable bonds is 6. The highest BCUT2D eigenvalue weighted by Gasteiger charge is 2.24. The number of carbonyl (C=O) groups is 2. The molecule has 1 saturated heterocycles. The molecule has 150 valence electrons. The van der Waals surface area contributed by atoms with Gasteiger partial charge in [0.15, 0.2) is 0 Å². The molecule has 0 bridgehead atoms. The smallest absolute Gasteiger partial charge is 0.335 e. The van der Waals surface area contributed by atoms with E-state index < -0.39 is 5.97 Å². The monoisotopic (exact) mass is 383 g/mol. The Morgan fingerprint density at radius 2 is 1.86 bits per heavy atom. The number of nitrogens with zero attached hydrogens (tertiary/aromatic N) is 3. The Kier molecular flexibility index (Phi) is 6.17. The zero-order chi connectivity index (χ0) is 20.3. The summed E-state index contributed by atoms with van der Waals surface area (Å²) < 4.78 is 1.87. The van der Waals surface area contributed by atoms with Crippen LogP contribution < -0.4 is 0 Å². The van der Waals surface area contributed by atoms with Crippen molar-refractivity contribution in [2.75, 3.05) is 13.1 Å². The number of likely N-dealkylation sites (tertiary alicyclic amines) is 1. The fourth-order valence-corrected chi connectivity index (χ4v) is 4.17. The van der Waals surface area contributed by atoms with E-state index in [9.17, 15) is 14.7 Å². The molecule has 0 saturated carbocycles. The summed E-state index contributed by atoms with van der Waals surface area (Å²) in [6.45, 7) is 5.54. The summed E-state index contributed by atoms with van der Waals surface area (Å²) in [5.41, 5.74) is 4.59. The molecule has 2 aromatic rings. The highest BCUT2D eigenvalue weighted by molar-refractivity contribution is 5.89. The van der Waals surface area contributed by atoms with Gasteiger partial charge < -0.3 is 10.0 Å².